The zero-order chi connectivity index (χ0) is 40.6. The molecule has 294 valence electrons. The van der Waals surface area contributed by atoms with Gasteiger partial charge in [-0.15, -0.1) is 0 Å². The second-order valence-corrected chi connectivity index (χ2v) is 14.2. The molecule has 3 aromatic rings. The number of ether oxygens (including phenoxy) is 2. The van der Waals surface area contributed by atoms with Crippen LogP contribution in [0, 0.1) is 0 Å². The first-order valence-electron chi connectivity index (χ1n) is 17.7. The fourth-order valence-corrected chi connectivity index (χ4v) is 5.68. The van der Waals surface area contributed by atoms with Gasteiger partial charge < -0.3 is 41.2 Å². The molecule has 4 rings (SSSR count). The van der Waals surface area contributed by atoms with Crippen LogP contribution in [-0.4, -0.2) is 98.9 Å². The van der Waals surface area contributed by atoms with Crippen LogP contribution >= 0.6 is 0 Å². The minimum absolute atomic E-state index is 0.0525. The Hall–Kier alpha value is -6.26. The number of aromatic nitrogens is 2. The molecule has 0 aliphatic heterocycles. The number of nitrogens with zero attached hydrogens (tertiary/aromatic N) is 2. The van der Waals surface area contributed by atoms with E-state index in [1.807, 2.05) is 48.5 Å². The molecule has 5 atom stereocenters. The van der Waals surface area contributed by atoms with Crippen LogP contribution in [0.15, 0.2) is 61.1 Å². The summed E-state index contributed by atoms with van der Waals surface area (Å²) in [5.41, 5.74) is 3.65. The number of amides is 5. The van der Waals surface area contributed by atoms with Gasteiger partial charge in [0.1, 0.15) is 48.7 Å². The summed E-state index contributed by atoms with van der Waals surface area (Å²) < 4.78 is 11.8. The molecule has 0 fully saturated rings. The minimum Gasteiger partial charge on any atom is -0.480 e. The number of aliphatic carboxylic acids is 1. The standard InChI is InChI=1S/C38H47N7O10/c1-20(32(47)42-22(3)34(49)44-30(35(50)51)16-24-17-45(19-39-24)37(53)55-38(5,6)7)40-31(46)21(2)41-33(48)23(4)43-36(52)54-18-29-27-14-10-8-12-25(27)26-13-9-11-15-28(26)29/h8-15,17,19-23,29-30H,16,18H2,1-7H3,(H,40,46)(H,41,48)(H,42,47)(H,43,52)(H,44,49)(H,50,51)/t20-,21-,22-,23-,30-/m0/s1. The van der Waals surface area contributed by atoms with E-state index in [1.165, 1.54) is 40.2 Å². The van der Waals surface area contributed by atoms with Gasteiger partial charge in [0.2, 0.25) is 23.6 Å². The maximum atomic E-state index is 12.8. The Morgan fingerprint density at radius 2 is 1.18 bits per heavy atom. The highest BCUT2D eigenvalue weighted by Crippen LogP contribution is 2.44. The first-order chi connectivity index (χ1) is 25.8. The number of hydrogen-bond acceptors (Lipinski definition) is 10. The van der Waals surface area contributed by atoms with Crippen molar-refractivity contribution in [2.24, 2.45) is 0 Å². The van der Waals surface area contributed by atoms with Crippen molar-refractivity contribution < 1.29 is 48.1 Å². The van der Waals surface area contributed by atoms with Crippen LogP contribution in [0.4, 0.5) is 9.59 Å². The molecule has 17 heteroatoms. The molecule has 6 N–H and O–H groups in total. The third kappa shape index (κ3) is 11.1. The largest absolute Gasteiger partial charge is 0.480 e. The van der Waals surface area contributed by atoms with Crippen LogP contribution in [0.25, 0.3) is 11.1 Å². The molecule has 1 aliphatic carbocycles. The number of carboxylic acids is 1. The predicted octanol–water partition coefficient (Wildman–Crippen LogP) is 2.22. The highest BCUT2D eigenvalue weighted by Gasteiger charge is 2.31. The van der Waals surface area contributed by atoms with Crippen molar-refractivity contribution in [3.05, 3.63) is 77.9 Å². The Kier molecular flexibility index (Phi) is 13.4. The number of carbonyl (C=O) groups excluding carboxylic acids is 6. The first kappa shape index (κ1) is 41.5. The van der Waals surface area contributed by atoms with Gasteiger partial charge in [-0.2, -0.15) is 0 Å². The Labute approximate surface area is 317 Å². The second-order valence-electron chi connectivity index (χ2n) is 14.2. The minimum atomic E-state index is -1.45. The summed E-state index contributed by atoms with van der Waals surface area (Å²) >= 11 is 0. The topological polar surface area (TPSA) is 236 Å². The first-order valence-corrected chi connectivity index (χ1v) is 17.7. The van der Waals surface area contributed by atoms with Gasteiger partial charge >= 0.3 is 18.2 Å². The number of hydrogen-bond donors (Lipinski definition) is 6. The number of carbonyl (C=O) groups is 7. The van der Waals surface area contributed by atoms with Crippen molar-refractivity contribution in [3.63, 3.8) is 0 Å². The quantitative estimate of drug-likeness (QED) is 0.139. The molecule has 0 saturated carbocycles. The number of fused-ring (bicyclic) bond motifs is 3. The molecule has 0 saturated heterocycles. The average Bonchev–Trinajstić information content (AvgIpc) is 3.72. The van der Waals surface area contributed by atoms with Gasteiger partial charge in [0.05, 0.1) is 5.69 Å². The monoisotopic (exact) mass is 761 g/mol. The van der Waals surface area contributed by atoms with Crippen molar-refractivity contribution >= 4 is 41.8 Å². The SMILES string of the molecule is C[C@H](NC(=O)OCC1c2ccccc2-c2ccccc21)C(=O)N[C@@H](C)C(=O)N[C@@H](C)C(=O)N[C@@H](C)C(=O)N[C@@H](Cc1cn(C(=O)OC(C)(C)C)cn1)C(=O)O. The maximum Gasteiger partial charge on any atom is 0.419 e. The van der Waals surface area contributed by atoms with Gasteiger partial charge in [-0.05, 0) is 70.7 Å². The van der Waals surface area contributed by atoms with Crippen molar-refractivity contribution in [1.82, 2.24) is 36.1 Å². The van der Waals surface area contributed by atoms with Crippen molar-refractivity contribution in [1.29, 1.82) is 0 Å². The molecule has 0 unspecified atom stereocenters. The number of rotatable bonds is 14. The van der Waals surface area contributed by atoms with Crippen molar-refractivity contribution in [2.45, 2.75) is 96.6 Å². The van der Waals surface area contributed by atoms with E-state index < -0.39 is 77.6 Å². The number of alkyl carbamates (subject to hydrolysis) is 1. The van der Waals surface area contributed by atoms with Gasteiger partial charge in [-0.1, -0.05) is 48.5 Å². The lowest BCUT2D eigenvalue weighted by Crippen LogP contribution is -2.57. The summed E-state index contributed by atoms with van der Waals surface area (Å²) in [6, 6.07) is 9.73. The lowest BCUT2D eigenvalue weighted by Gasteiger charge is -2.22. The summed E-state index contributed by atoms with van der Waals surface area (Å²) in [5.74, 6) is -4.54. The summed E-state index contributed by atoms with van der Waals surface area (Å²) in [4.78, 5) is 92.0. The smallest absolute Gasteiger partial charge is 0.419 e. The molecular weight excluding hydrogens is 714 g/mol. The third-order valence-corrected chi connectivity index (χ3v) is 8.60. The lowest BCUT2D eigenvalue weighted by molar-refractivity contribution is -0.142. The highest BCUT2D eigenvalue weighted by atomic mass is 16.6. The van der Waals surface area contributed by atoms with Gasteiger partial charge in [0, 0.05) is 18.5 Å². The molecule has 0 bridgehead atoms. The summed E-state index contributed by atoms with van der Waals surface area (Å²) in [6.07, 6.45) is 0.659. The van der Waals surface area contributed by atoms with E-state index in [-0.39, 0.29) is 24.6 Å². The molecule has 17 nitrogen and oxygen atoms in total. The van der Waals surface area contributed by atoms with E-state index in [0.717, 1.165) is 26.8 Å². The lowest BCUT2D eigenvalue weighted by atomic mass is 9.98. The average molecular weight is 762 g/mol. The molecule has 55 heavy (non-hydrogen) atoms. The number of benzene rings is 2. The number of imidazole rings is 1. The van der Waals surface area contributed by atoms with Gasteiger partial charge in [0.15, 0.2) is 0 Å². The zero-order valence-corrected chi connectivity index (χ0v) is 31.7. The van der Waals surface area contributed by atoms with E-state index in [2.05, 4.69) is 31.6 Å². The van der Waals surface area contributed by atoms with Crippen LogP contribution in [-0.2, 0) is 39.9 Å². The Morgan fingerprint density at radius 3 is 1.65 bits per heavy atom. The van der Waals surface area contributed by atoms with E-state index in [9.17, 15) is 38.7 Å². The normalized spacial score (nSPS) is 14.7. The molecule has 1 aromatic heterocycles. The fraction of sp³-hybridized carbons (Fsp3) is 0.421. The van der Waals surface area contributed by atoms with Crippen molar-refractivity contribution in [3.8, 4) is 11.1 Å². The van der Waals surface area contributed by atoms with Crippen LogP contribution in [0.2, 0.25) is 0 Å². The van der Waals surface area contributed by atoms with Gasteiger partial charge in [-0.3, -0.25) is 19.2 Å². The molecule has 1 aliphatic rings. The van der Waals surface area contributed by atoms with E-state index in [4.69, 9.17) is 9.47 Å². The Morgan fingerprint density at radius 1 is 0.727 bits per heavy atom. The Balaban J connectivity index is 1.20. The second kappa shape index (κ2) is 17.7. The molecule has 0 spiro atoms. The number of carboxylic acid groups (broad SMARTS) is 1. The predicted molar refractivity (Wildman–Crippen MR) is 198 cm³/mol. The molecule has 0 radical (unpaired) electrons. The summed E-state index contributed by atoms with van der Waals surface area (Å²) in [5, 5.41) is 21.8. The maximum absolute atomic E-state index is 12.8. The van der Waals surface area contributed by atoms with Crippen LogP contribution < -0.4 is 26.6 Å². The highest BCUT2D eigenvalue weighted by molar-refractivity contribution is 5.95. The number of nitrogens with one attached hydrogen (secondary N) is 5. The van der Waals surface area contributed by atoms with E-state index >= 15 is 0 Å². The van der Waals surface area contributed by atoms with Gasteiger partial charge in [0.25, 0.3) is 0 Å². The zero-order valence-electron chi connectivity index (χ0n) is 31.7. The fourth-order valence-electron chi connectivity index (χ4n) is 5.68. The third-order valence-electron chi connectivity index (χ3n) is 8.60. The summed E-state index contributed by atoms with van der Waals surface area (Å²) in [7, 11) is 0. The van der Waals surface area contributed by atoms with E-state index in [0.29, 0.717) is 0 Å². The van der Waals surface area contributed by atoms with Crippen molar-refractivity contribution in [2.75, 3.05) is 6.61 Å². The molecule has 1 heterocycles. The molecule has 2 aromatic carbocycles. The summed E-state index contributed by atoms with van der Waals surface area (Å²) in [6.45, 7) is 10.6. The van der Waals surface area contributed by atoms with Gasteiger partial charge in [-0.25, -0.2) is 23.9 Å². The van der Waals surface area contributed by atoms with Crippen LogP contribution in [0.1, 0.15) is 71.2 Å². The molecule has 5 amide bonds. The van der Waals surface area contributed by atoms with Crippen LogP contribution in [0.3, 0.4) is 0 Å². The Bertz CT molecular complexity index is 1890. The molecular formula is C38H47N7O10. The van der Waals surface area contributed by atoms with Crippen LogP contribution in [0.5, 0.6) is 0 Å². The van der Waals surface area contributed by atoms with E-state index in [1.54, 1.807) is 20.8 Å².